The van der Waals surface area contributed by atoms with Crippen LogP contribution in [-0.4, -0.2) is 15.0 Å². The lowest BCUT2D eigenvalue weighted by Crippen LogP contribution is -2.41. The third-order valence-corrected chi connectivity index (χ3v) is 4.05. The molecular formula is C20H19N3O3. The summed E-state index contributed by atoms with van der Waals surface area (Å²) < 4.78 is 2.37. The highest BCUT2D eigenvalue weighted by Gasteiger charge is 2.10. The molecule has 0 fully saturated rings. The molecule has 0 saturated carbocycles. The zero-order chi connectivity index (χ0) is 18.5. The van der Waals surface area contributed by atoms with Crippen molar-refractivity contribution >= 4 is 11.6 Å². The fourth-order valence-electron chi connectivity index (χ4n) is 2.60. The minimum Gasteiger partial charge on any atom is -0.325 e. The Morgan fingerprint density at radius 2 is 1.62 bits per heavy atom. The largest absolute Gasteiger partial charge is 0.325 e. The lowest BCUT2D eigenvalue weighted by molar-refractivity contribution is -0.116. The minimum absolute atomic E-state index is 0.223. The molecule has 3 rings (SSSR count). The Morgan fingerprint density at radius 3 is 2.27 bits per heavy atom. The molecule has 1 heterocycles. The first-order valence-corrected chi connectivity index (χ1v) is 8.35. The molecule has 0 atom stereocenters. The Hall–Kier alpha value is -3.41. The van der Waals surface area contributed by atoms with Gasteiger partial charge in [0.1, 0.15) is 6.54 Å². The van der Waals surface area contributed by atoms with Crippen LogP contribution in [0.1, 0.15) is 12.5 Å². The lowest BCUT2D eigenvalue weighted by Gasteiger charge is -2.10. The van der Waals surface area contributed by atoms with Gasteiger partial charge in [0, 0.05) is 23.8 Å². The third kappa shape index (κ3) is 3.80. The van der Waals surface area contributed by atoms with Gasteiger partial charge in [0.15, 0.2) is 0 Å². The quantitative estimate of drug-likeness (QED) is 0.718. The van der Waals surface area contributed by atoms with Crippen LogP contribution in [0.25, 0.3) is 5.69 Å². The van der Waals surface area contributed by atoms with Gasteiger partial charge in [-0.05, 0) is 36.2 Å². The van der Waals surface area contributed by atoms with Gasteiger partial charge in [0.05, 0.1) is 0 Å². The summed E-state index contributed by atoms with van der Waals surface area (Å²) in [6, 6.07) is 16.4. The second-order valence-corrected chi connectivity index (χ2v) is 5.84. The number of hydrogen-bond acceptors (Lipinski definition) is 3. The highest BCUT2D eigenvalue weighted by Crippen LogP contribution is 2.10. The number of nitrogens with one attached hydrogen (secondary N) is 1. The van der Waals surface area contributed by atoms with Gasteiger partial charge in [-0.15, -0.1) is 0 Å². The van der Waals surface area contributed by atoms with E-state index in [1.165, 1.54) is 22.5 Å². The summed E-state index contributed by atoms with van der Waals surface area (Å²) in [4.78, 5) is 36.8. The van der Waals surface area contributed by atoms with Crippen LogP contribution in [-0.2, 0) is 17.8 Å². The maximum absolute atomic E-state index is 12.3. The van der Waals surface area contributed by atoms with E-state index >= 15 is 0 Å². The minimum atomic E-state index is -0.743. The molecule has 0 aliphatic heterocycles. The van der Waals surface area contributed by atoms with E-state index in [1.54, 1.807) is 24.3 Å². The third-order valence-electron chi connectivity index (χ3n) is 4.05. The predicted molar refractivity (Wildman–Crippen MR) is 101 cm³/mol. The topological polar surface area (TPSA) is 73.1 Å². The molecule has 1 N–H and O–H groups in total. The van der Waals surface area contributed by atoms with E-state index in [9.17, 15) is 14.4 Å². The van der Waals surface area contributed by atoms with E-state index in [-0.39, 0.29) is 12.5 Å². The monoisotopic (exact) mass is 349 g/mol. The number of carbonyl (C=O) groups excluding carboxylic acids is 1. The molecule has 0 saturated heterocycles. The van der Waals surface area contributed by atoms with Gasteiger partial charge >= 0.3 is 11.1 Å². The predicted octanol–water partition coefficient (Wildman–Crippen LogP) is 2.20. The van der Waals surface area contributed by atoms with E-state index < -0.39 is 11.1 Å². The molecule has 0 spiro atoms. The van der Waals surface area contributed by atoms with E-state index in [1.807, 2.05) is 30.3 Å². The number of benzene rings is 2. The first kappa shape index (κ1) is 17.4. The number of nitrogens with zero attached hydrogens (tertiary/aromatic N) is 2. The molecule has 132 valence electrons. The first-order valence-electron chi connectivity index (χ1n) is 8.35. The van der Waals surface area contributed by atoms with Crippen molar-refractivity contribution < 1.29 is 4.79 Å². The van der Waals surface area contributed by atoms with Crippen molar-refractivity contribution in [3.05, 3.63) is 93.3 Å². The molecule has 6 nitrogen and oxygen atoms in total. The lowest BCUT2D eigenvalue weighted by atomic mass is 10.1. The van der Waals surface area contributed by atoms with Crippen molar-refractivity contribution in [3.8, 4) is 5.69 Å². The first-order chi connectivity index (χ1) is 12.6. The number of aryl methyl sites for hydroxylation is 1. The smallest absolute Gasteiger partial charge is 0.320 e. The Balaban J connectivity index is 1.77. The molecular weight excluding hydrogens is 330 g/mol. The van der Waals surface area contributed by atoms with Gasteiger partial charge in [-0.3, -0.25) is 23.5 Å². The number of hydrogen-bond donors (Lipinski definition) is 1. The van der Waals surface area contributed by atoms with Crippen LogP contribution in [0, 0.1) is 0 Å². The molecule has 2 aromatic carbocycles. The van der Waals surface area contributed by atoms with E-state index in [0.717, 1.165) is 11.0 Å². The van der Waals surface area contributed by atoms with Crippen LogP contribution in [0.4, 0.5) is 5.69 Å². The van der Waals surface area contributed by atoms with Gasteiger partial charge in [-0.25, -0.2) is 0 Å². The van der Waals surface area contributed by atoms with Gasteiger partial charge < -0.3 is 5.32 Å². The molecule has 6 heteroatoms. The summed E-state index contributed by atoms with van der Waals surface area (Å²) in [6.07, 6.45) is 3.85. The van der Waals surface area contributed by atoms with Crippen LogP contribution >= 0.6 is 0 Å². The SMILES string of the molecule is CCc1ccc(NC(=O)Cn2ccn(-c3ccccc3)c(=O)c2=O)cc1. The van der Waals surface area contributed by atoms with Crippen LogP contribution in [0.3, 0.4) is 0 Å². The second-order valence-electron chi connectivity index (χ2n) is 5.84. The molecule has 0 radical (unpaired) electrons. The van der Waals surface area contributed by atoms with E-state index in [2.05, 4.69) is 12.2 Å². The maximum Gasteiger partial charge on any atom is 0.320 e. The van der Waals surface area contributed by atoms with Crippen LogP contribution in [0.15, 0.2) is 76.6 Å². The summed E-state index contributed by atoms with van der Waals surface area (Å²) in [7, 11) is 0. The van der Waals surface area contributed by atoms with Crippen molar-refractivity contribution in [2.75, 3.05) is 5.32 Å². The van der Waals surface area contributed by atoms with E-state index in [0.29, 0.717) is 11.4 Å². The number of amides is 1. The molecule has 3 aromatic rings. The molecule has 0 bridgehead atoms. The van der Waals surface area contributed by atoms with Gasteiger partial charge in [-0.2, -0.15) is 0 Å². The Bertz CT molecular complexity index is 1020. The van der Waals surface area contributed by atoms with Gasteiger partial charge in [0.25, 0.3) is 0 Å². The van der Waals surface area contributed by atoms with Crippen molar-refractivity contribution in [2.45, 2.75) is 19.9 Å². The highest BCUT2D eigenvalue weighted by molar-refractivity contribution is 5.90. The highest BCUT2D eigenvalue weighted by atomic mass is 16.2. The fourth-order valence-corrected chi connectivity index (χ4v) is 2.60. The molecule has 1 aromatic heterocycles. The van der Waals surface area contributed by atoms with Crippen molar-refractivity contribution in [3.63, 3.8) is 0 Å². The molecule has 0 aliphatic carbocycles. The number of para-hydroxylation sites is 1. The Kier molecular flexibility index (Phi) is 5.12. The summed E-state index contributed by atoms with van der Waals surface area (Å²) >= 11 is 0. The van der Waals surface area contributed by atoms with Gasteiger partial charge in [-0.1, -0.05) is 37.3 Å². The maximum atomic E-state index is 12.3. The average Bonchev–Trinajstić information content (AvgIpc) is 2.67. The van der Waals surface area contributed by atoms with Crippen molar-refractivity contribution in [1.82, 2.24) is 9.13 Å². The van der Waals surface area contributed by atoms with Crippen LogP contribution < -0.4 is 16.4 Å². The number of carbonyl (C=O) groups is 1. The zero-order valence-electron chi connectivity index (χ0n) is 14.4. The summed E-state index contributed by atoms with van der Waals surface area (Å²) in [5, 5.41) is 2.73. The van der Waals surface area contributed by atoms with Crippen LogP contribution in [0.5, 0.6) is 0 Å². The molecule has 26 heavy (non-hydrogen) atoms. The zero-order valence-corrected chi connectivity index (χ0v) is 14.4. The number of aromatic nitrogens is 2. The number of anilines is 1. The van der Waals surface area contributed by atoms with Crippen LogP contribution in [0.2, 0.25) is 0 Å². The Labute approximate surface area is 150 Å². The van der Waals surface area contributed by atoms with Crippen molar-refractivity contribution in [2.24, 2.45) is 0 Å². The molecule has 1 amide bonds. The number of rotatable bonds is 5. The fraction of sp³-hybridized carbons (Fsp3) is 0.150. The Morgan fingerprint density at radius 1 is 0.923 bits per heavy atom. The summed E-state index contributed by atoms with van der Waals surface area (Å²) in [5.41, 5.74) is 0.982. The van der Waals surface area contributed by atoms with Gasteiger partial charge in [0.2, 0.25) is 5.91 Å². The molecule has 0 unspecified atom stereocenters. The van der Waals surface area contributed by atoms with Crippen molar-refractivity contribution in [1.29, 1.82) is 0 Å². The normalized spacial score (nSPS) is 10.5. The average molecular weight is 349 g/mol. The second kappa shape index (κ2) is 7.65. The van der Waals surface area contributed by atoms with E-state index in [4.69, 9.17) is 0 Å². The standard InChI is InChI=1S/C20H19N3O3/c1-2-15-8-10-16(11-9-15)21-18(24)14-22-12-13-23(20(26)19(22)25)17-6-4-3-5-7-17/h3-13H,2,14H2,1H3,(H,21,24). The summed E-state index contributed by atoms with van der Waals surface area (Å²) in [5.74, 6) is -0.367. The summed E-state index contributed by atoms with van der Waals surface area (Å²) in [6.45, 7) is 1.83. The molecule has 0 aliphatic rings.